The van der Waals surface area contributed by atoms with Crippen molar-refractivity contribution in [3.8, 4) is 0 Å². The fourth-order valence-corrected chi connectivity index (χ4v) is 2.75. The summed E-state index contributed by atoms with van der Waals surface area (Å²) >= 11 is 5.87. The van der Waals surface area contributed by atoms with Gasteiger partial charge < -0.3 is 5.11 Å². The molecule has 0 aromatic heterocycles. The number of halogens is 1. The van der Waals surface area contributed by atoms with Crippen LogP contribution in [0.4, 0.5) is 0 Å². The molecule has 0 radical (unpaired) electrons. The van der Waals surface area contributed by atoms with E-state index >= 15 is 0 Å². The number of rotatable bonds is 2. The van der Waals surface area contributed by atoms with Crippen LogP contribution < -0.4 is 0 Å². The summed E-state index contributed by atoms with van der Waals surface area (Å²) in [5.41, 5.74) is 0.789. The van der Waals surface area contributed by atoms with Crippen LogP contribution in [0.25, 0.3) is 0 Å². The molecule has 2 unspecified atom stereocenters. The van der Waals surface area contributed by atoms with E-state index < -0.39 is 6.10 Å². The molecule has 1 aliphatic heterocycles. The van der Waals surface area contributed by atoms with Crippen molar-refractivity contribution >= 4 is 11.6 Å². The number of likely N-dealkylation sites (N-methyl/N-ethyl adjacent to an activating group) is 1. The molecule has 1 aliphatic rings. The lowest BCUT2D eigenvalue weighted by Gasteiger charge is -2.46. The summed E-state index contributed by atoms with van der Waals surface area (Å²) < 4.78 is 0. The van der Waals surface area contributed by atoms with Crippen molar-refractivity contribution < 1.29 is 5.11 Å². The minimum Gasteiger partial charge on any atom is -0.386 e. The fraction of sp³-hybridized carbons (Fsp3) is 0.571. The molecule has 17 heavy (non-hydrogen) atoms. The van der Waals surface area contributed by atoms with Gasteiger partial charge in [-0.2, -0.15) is 0 Å². The topological polar surface area (TPSA) is 23.5 Å². The van der Waals surface area contributed by atoms with Crippen LogP contribution in [0.1, 0.15) is 37.9 Å². The zero-order valence-electron chi connectivity index (χ0n) is 10.5. The Kier molecular flexibility index (Phi) is 3.76. The quantitative estimate of drug-likeness (QED) is 0.875. The molecule has 1 aromatic carbocycles. The lowest BCUT2D eigenvalue weighted by Crippen LogP contribution is -2.51. The predicted molar refractivity (Wildman–Crippen MR) is 71.3 cm³/mol. The molecule has 94 valence electrons. The molecular formula is C14H20ClNO. The Morgan fingerprint density at radius 3 is 2.53 bits per heavy atom. The van der Waals surface area contributed by atoms with Gasteiger partial charge in [-0.3, -0.25) is 4.90 Å². The maximum atomic E-state index is 10.6. The molecule has 0 aliphatic carbocycles. The SMILES string of the molecule is CN1CCCCC1(C)C(O)c1ccc(Cl)cc1. The van der Waals surface area contributed by atoms with Crippen molar-refractivity contribution in [1.82, 2.24) is 4.90 Å². The second-order valence-electron chi connectivity index (χ2n) is 5.19. The number of benzene rings is 1. The van der Waals surface area contributed by atoms with Gasteiger partial charge in [0.05, 0.1) is 6.10 Å². The van der Waals surface area contributed by atoms with Crippen molar-refractivity contribution in [2.24, 2.45) is 0 Å². The van der Waals surface area contributed by atoms with Gasteiger partial charge in [-0.15, -0.1) is 0 Å². The second kappa shape index (κ2) is 4.97. The van der Waals surface area contributed by atoms with Gasteiger partial charge in [0.1, 0.15) is 0 Å². The number of hydrogen-bond acceptors (Lipinski definition) is 2. The Balaban J connectivity index is 2.23. The van der Waals surface area contributed by atoms with Crippen LogP contribution in [0.3, 0.4) is 0 Å². The summed E-state index contributed by atoms with van der Waals surface area (Å²) in [5.74, 6) is 0. The van der Waals surface area contributed by atoms with E-state index in [0.717, 1.165) is 18.5 Å². The number of likely N-dealkylation sites (tertiary alicyclic amines) is 1. The van der Waals surface area contributed by atoms with Gasteiger partial charge in [-0.05, 0) is 51.1 Å². The molecule has 1 aromatic rings. The summed E-state index contributed by atoms with van der Waals surface area (Å²) in [5, 5.41) is 11.3. The molecule has 1 saturated heterocycles. The van der Waals surface area contributed by atoms with E-state index in [1.807, 2.05) is 24.3 Å². The van der Waals surface area contributed by atoms with Crippen LogP contribution in [0.5, 0.6) is 0 Å². The highest BCUT2D eigenvalue weighted by atomic mass is 35.5. The maximum absolute atomic E-state index is 10.6. The Labute approximate surface area is 108 Å². The van der Waals surface area contributed by atoms with Gasteiger partial charge in [-0.1, -0.05) is 30.2 Å². The minimum absolute atomic E-state index is 0.161. The molecule has 1 fully saturated rings. The van der Waals surface area contributed by atoms with E-state index in [1.165, 1.54) is 12.8 Å². The molecule has 3 heteroatoms. The zero-order valence-corrected chi connectivity index (χ0v) is 11.2. The predicted octanol–water partition coefficient (Wildman–Crippen LogP) is 3.25. The van der Waals surface area contributed by atoms with E-state index in [-0.39, 0.29) is 5.54 Å². The number of aliphatic hydroxyl groups excluding tert-OH is 1. The normalized spacial score (nSPS) is 28.0. The summed E-state index contributed by atoms with van der Waals surface area (Å²) in [4.78, 5) is 2.27. The second-order valence-corrected chi connectivity index (χ2v) is 5.63. The lowest BCUT2D eigenvalue weighted by atomic mass is 9.81. The van der Waals surface area contributed by atoms with Crippen LogP contribution in [-0.2, 0) is 0 Å². The summed E-state index contributed by atoms with van der Waals surface area (Å²) in [6, 6.07) is 7.51. The highest BCUT2D eigenvalue weighted by Crippen LogP contribution is 2.37. The van der Waals surface area contributed by atoms with Crippen LogP contribution in [-0.4, -0.2) is 29.1 Å². The molecule has 2 rings (SSSR count). The first kappa shape index (κ1) is 12.9. The minimum atomic E-state index is -0.454. The van der Waals surface area contributed by atoms with Crippen molar-refractivity contribution in [2.75, 3.05) is 13.6 Å². The molecule has 0 saturated carbocycles. The van der Waals surface area contributed by atoms with Crippen LogP contribution >= 0.6 is 11.6 Å². The molecule has 0 bridgehead atoms. The third kappa shape index (κ3) is 2.49. The van der Waals surface area contributed by atoms with Gasteiger partial charge in [0.2, 0.25) is 0 Å². The van der Waals surface area contributed by atoms with Crippen LogP contribution in [0, 0.1) is 0 Å². The third-order valence-corrected chi connectivity index (χ3v) is 4.33. The standard InChI is InChI=1S/C14H20ClNO/c1-14(9-3-4-10-16(14)2)13(17)11-5-7-12(15)8-6-11/h5-8,13,17H,3-4,9-10H2,1-2H3. The van der Waals surface area contributed by atoms with Gasteiger partial charge in [0.25, 0.3) is 0 Å². The number of aliphatic hydroxyl groups is 1. The van der Waals surface area contributed by atoms with Crippen LogP contribution in [0.2, 0.25) is 5.02 Å². The largest absolute Gasteiger partial charge is 0.386 e. The van der Waals surface area contributed by atoms with E-state index in [0.29, 0.717) is 5.02 Å². The molecule has 1 N–H and O–H groups in total. The smallest absolute Gasteiger partial charge is 0.0970 e. The number of nitrogens with zero attached hydrogens (tertiary/aromatic N) is 1. The first-order valence-corrected chi connectivity index (χ1v) is 6.56. The average Bonchev–Trinajstić information content (AvgIpc) is 2.33. The lowest BCUT2D eigenvalue weighted by molar-refractivity contribution is -0.0327. The highest BCUT2D eigenvalue weighted by Gasteiger charge is 2.39. The fourth-order valence-electron chi connectivity index (χ4n) is 2.63. The van der Waals surface area contributed by atoms with Gasteiger partial charge in [0, 0.05) is 10.6 Å². The molecule has 2 atom stereocenters. The molecule has 1 heterocycles. The summed E-state index contributed by atoms with van der Waals surface area (Å²) in [6.45, 7) is 3.20. The monoisotopic (exact) mass is 253 g/mol. The Morgan fingerprint density at radius 1 is 1.29 bits per heavy atom. The van der Waals surface area contributed by atoms with Gasteiger partial charge in [-0.25, -0.2) is 0 Å². The summed E-state index contributed by atoms with van der Waals surface area (Å²) in [7, 11) is 2.10. The van der Waals surface area contributed by atoms with E-state index in [1.54, 1.807) is 0 Å². The molecule has 0 amide bonds. The summed E-state index contributed by atoms with van der Waals surface area (Å²) in [6.07, 6.45) is 2.99. The Hall–Kier alpha value is -0.570. The van der Waals surface area contributed by atoms with Crippen molar-refractivity contribution in [2.45, 2.75) is 37.8 Å². The van der Waals surface area contributed by atoms with E-state index in [4.69, 9.17) is 11.6 Å². The van der Waals surface area contributed by atoms with Gasteiger partial charge >= 0.3 is 0 Å². The first-order valence-electron chi connectivity index (χ1n) is 6.19. The Morgan fingerprint density at radius 2 is 1.94 bits per heavy atom. The average molecular weight is 254 g/mol. The maximum Gasteiger partial charge on any atom is 0.0970 e. The van der Waals surface area contributed by atoms with E-state index in [9.17, 15) is 5.11 Å². The van der Waals surface area contributed by atoms with Crippen molar-refractivity contribution in [3.63, 3.8) is 0 Å². The van der Waals surface area contributed by atoms with Gasteiger partial charge in [0.15, 0.2) is 0 Å². The molecular weight excluding hydrogens is 234 g/mol. The molecule has 2 nitrogen and oxygen atoms in total. The van der Waals surface area contributed by atoms with Crippen molar-refractivity contribution in [3.05, 3.63) is 34.9 Å². The van der Waals surface area contributed by atoms with Crippen molar-refractivity contribution in [1.29, 1.82) is 0 Å². The highest BCUT2D eigenvalue weighted by molar-refractivity contribution is 6.30. The Bertz CT molecular complexity index is 378. The van der Waals surface area contributed by atoms with Crippen LogP contribution in [0.15, 0.2) is 24.3 Å². The number of piperidine rings is 1. The number of hydrogen-bond donors (Lipinski definition) is 1. The van der Waals surface area contributed by atoms with E-state index in [2.05, 4.69) is 18.9 Å². The molecule has 0 spiro atoms. The zero-order chi connectivity index (χ0) is 12.5. The first-order chi connectivity index (χ1) is 8.04. The third-order valence-electron chi connectivity index (χ3n) is 4.07.